The van der Waals surface area contributed by atoms with Crippen molar-refractivity contribution < 1.29 is 17.9 Å². The van der Waals surface area contributed by atoms with Gasteiger partial charge in [0.15, 0.2) is 5.65 Å². The minimum absolute atomic E-state index is 0.104. The van der Waals surface area contributed by atoms with E-state index in [1.807, 2.05) is 22.9 Å². The van der Waals surface area contributed by atoms with Crippen LogP contribution in [-0.2, 0) is 21.8 Å². The number of amides is 1. The Balaban J connectivity index is 1.55. The number of hydrogen-bond donors (Lipinski definition) is 1. The van der Waals surface area contributed by atoms with Gasteiger partial charge >= 0.3 is 11.8 Å². The van der Waals surface area contributed by atoms with Crippen LogP contribution in [0.15, 0.2) is 75.2 Å². The Morgan fingerprint density at radius 2 is 1.85 bits per heavy atom. The summed E-state index contributed by atoms with van der Waals surface area (Å²) in [7, 11) is -1.12. The Morgan fingerprint density at radius 3 is 2.57 bits per heavy atom. The standard InChI is InChI=1S/C32H32BrN7O5S/c1-18(2)39-24-13-10-19(14-20(24)16-35-39)26-27-28-25(37(3)32(42)38(28)22-12-11-21(15-22)36-31(41)45-4)17-34-30(27)40(29(26)33)46(43,44)23-8-6-5-7-9-23/h5-10,13-14,16-18,21-22H,11-12,15H2,1-4H3,(H,36,41)/t21-,22-/m1/s1. The normalized spacial score (nSPS) is 17.1. The Kier molecular flexibility index (Phi) is 7.31. The Bertz CT molecular complexity index is 2340. The summed E-state index contributed by atoms with van der Waals surface area (Å²) in [5.41, 5.74) is 3.37. The molecule has 0 radical (unpaired) electrons. The number of imidazole rings is 1. The number of benzene rings is 2. The lowest BCUT2D eigenvalue weighted by molar-refractivity contribution is 0.166. The number of nitrogens with one attached hydrogen (secondary N) is 1. The number of aryl methyl sites for hydroxylation is 1. The molecular formula is C32H32BrN7O5S. The summed E-state index contributed by atoms with van der Waals surface area (Å²) in [6, 6.07) is 13.8. The van der Waals surface area contributed by atoms with Crippen LogP contribution in [0.4, 0.5) is 4.79 Å². The maximum absolute atomic E-state index is 14.3. The predicted octanol–water partition coefficient (Wildman–Crippen LogP) is 5.74. The van der Waals surface area contributed by atoms with Crippen LogP contribution < -0.4 is 11.0 Å². The maximum atomic E-state index is 14.3. The summed E-state index contributed by atoms with van der Waals surface area (Å²) in [5.74, 6) is 0. The summed E-state index contributed by atoms with van der Waals surface area (Å²) in [6.45, 7) is 4.12. The smallest absolute Gasteiger partial charge is 0.407 e. The molecule has 1 saturated carbocycles. The molecule has 1 aliphatic rings. The van der Waals surface area contributed by atoms with Crippen LogP contribution in [0.5, 0.6) is 0 Å². The lowest BCUT2D eigenvalue weighted by Crippen LogP contribution is -2.33. The number of halogens is 1. The highest BCUT2D eigenvalue weighted by Gasteiger charge is 2.34. The molecule has 1 fully saturated rings. The summed E-state index contributed by atoms with van der Waals surface area (Å²) in [5, 5.41) is 8.85. The lowest BCUT2D eigenvalue weighted by atomic mass is 10.0. The van der Waals surface area contributed by atoms with Crippen molar-refractivity contribution in [3.05, 3.63) is 76.0 Å². The van der Waals surface area contributed by atoms with Gasteiger partial charge in [-0.05, 0) is 78.9 Å². The fraction of sp³-hybridized carbons (Fsp3) is 0.312. The third kappa shape index (κ3) is 4.56. The molecule has 2 aromatic carbocycles. The number of methoxy groups -OCH3 is 1. The number of pyridine rings is 1. The summed E-state index contributed by atoms with van der Waals surface area (Å²) in [4.78, 5) is 30.7. The Morgan fingerprint density at radius 1 is 1.09 bits per heavy atom. The molecule has 238 valence electrons. The van der Waals surface area contributed by atoms with Gasteiger partial charge in [-0.1, -0.05) is 24.3 Å². The topological polar surface area (TPSA) is 135 Å². The number of alkyl carbamates (subject to hydrolysis) is 1. The molecule has 7 rings (SSSR count). The molecule has 4 heterocycles. The maximum Gasteiger partial charge on any atom is 0.407 e. The first kappa shape index (κ1) is 30.2. The number of aromatic nitrogens is 6. The van der Waals surface area contributed by atoms with Gasteiger partial charge in [0.2, 0.25) is 0 Å². The van der Waals surface area contributed by atoms with Gasteiger partial charge in [0.1, 0.15) is 4.60 Å². The van der Waals surface area contributed by atoms with E-state index in [0.29, 0.717) is 45.8 Å². The van der Waals surface area contributed by atoms with Crippen LogP contribution >= 0.6 is 15.9 Å². The third-order valence-electron chi connectivity index (χ3n) is 8.87. The number of ether oxygens (including phenoxy) is 1. The van der Waals surface area contributed by atoms with Crippen LogP contribution in [0.3, 0.4) is 0 Å². The third-order valence-corrected chi connectivity index (χ3v) is 11.6. The minimum atomic E-state index is -4.13. The van der Waals surface area contributed by atoms with Gasteiger partial charge in [0, 0.05) is 36.1 Å². The molecule has 0 unspecified atom stereocenters. The first-order valence-electron chi connectivity index (χ1n) is 15.0. The van der Waals surface area contributed by atoms with Crippen molar-refractivity contribution in [3.63, 3.8) is 0 Å². The molecule has 1 amide bonds. The zero-order valence-corrected chi connectivity index (χ0v) is 28.0. The largest absolute Gasteiger partial charge is 0.453 e. The highest BCUT2D eigenvalue weighted by atomic mass is 79.9. The van der Waals surface area contributed by atoms with Crippen molar-refractivity contribution >= 4 is 65.0 Å². The van der Waals surface area contributed by atoms with Gasteiger partial charge in [-0.15, -0.1) is 0 Å². The zero-order chi connectivity index (χ0) is 32.5. The fourth-order valence-corrected chi connectivity index (χ4v) is 9.25. The summed E-state index contributed by atoms with van der Waals surface area (Å²) < 4.78 is 40.1. The van der Waals surface area contributed by atoms with Gasteiger partial charge in [0.05, 0.1) is 46.3 Å². The van der Waals surface area contributed by atoms with Crippen LogP contribution in [0.25, 0.3) is 44.1 Å². The van der Waals surface area contributed by atoms with E-state index < -0.39 is 16.1 Å². The van der Waals surface area contributed by atoms with Gasteiger partial charge in [-0.2, -0.15) is 5.10 Å². The van der Waals surface area contributed by atoms with Crippen molar-refractivity contribution in [3.8, 4) is 11.1 Å². The molecule has 14 heteroatoms. The van der Waals surface area contributed by atoms with Crippen molar-refractivity contribution in [1.29, 1.82) is 0 Å². The SMILES string of the molecule is COC(=O)N[C@@H]1CC[C@@H](n2c(=O)n(C)c3cnc4c(c(-c5ccc6c(cnn6C(C)C)c5)c(Br)n4S(=O)(=O)c4ccccc4)c32)C1. The van der Waals surface area contributed by atoms with E-state index in [9.17, 15) is 18.0 Å². The molecule has 4 aromatic heterocycles. The quantitative estimate of drug-likeness (QED) is 0.234. The summed E-state index contributed by atoms with van der Waals surface area (Å²) in [6.07, 6.45) is 4.64. The minimum Gasteiger partial charge on any atom is -0.453 e. The van der Waals surface area contributed by atoms with Crippen LogP contribution in [0.2, 0.25) is 0 Å². The van der Waals surface area contributed by atoms with E-state index in [1.165, 1.54) is 11.1 Å². The van der Waals surface area contributed by atoms with Crippen molar-refractivity contribution in [2.75, 3.05) is 7.11 Å². The van der Waals surface area contributed by atoms with Gasteiger partial charge in [0.25, 0.3) is 10.0 Å². The molecule has 0 saturated heterocycles. The van der Waals surface area contributed by atoms with Gasteiger partial charge in [-0.3, -0.25) is 13.8 Å². The number of rotatable bonds is 6. The average molecular weight is 707 g/mol. The van der Waals surface area contributed by atoms with Crippen molar-refractivity contribution in [2.24, 2.45) is 7.05 Å². The molecule has 12 nitrogen and oxygen atoms in total. The van der Waals surface area contributed by atoms with Crippen LogP contribution in [0.1, 0.15) is 45.2 Å². The molecule has 0 spiro atoms. The number of nitrogens with zero attached hydrogens (tertiary/aromatic N) is 6. The summed E-state index contributed by atoms with van der Waals surface area (Å²) >= 11 is 3.69. The monoisotopic (exact) mass is 705 g/mol. The Hall–Kier alpha value is -4.43. The van der Waals surface area contributed by atoms with Gasteiger partial charge in [-0.25, -0.2) is 27.0 Å². The predicted molar refractivity (Wildman–Crippen MR) is 179 cm³/mol. The molecular weight excluding hydrogens is 674 g/mol. The van der Waals surface area contributed by atoms with E-state index in [0.717, 1.165) is 16.5 Å². The molecule has 1 aliphatic carbocycles. The highest BCUT2D eigenvalue weighted by molar-refractivity contribution is 9.10. The molecule has 1 N–H and O–H groups in total. The molecule has 6 aromatic rings. The second-order valence-corrected chi connectivity index (χ2v) is 14.4. The number of carbonyl (C=O) groups excluding carboxylic acids is 1. The first-order valence-corrected chi connectivity index (χ1v) is 17.2. The van der Waals surface area contributed by atoms with E-state index in [2.05, 4.69) is 40.2 Å². The molecule has 0 aliphatic heterocycles. The number of hydrogen-bond acceptors (Lipinski definition) is 7. The van der Waals surface area contributed by atoms with E-state index >= 15 is 0 Å². The fourth-order valence-electron chi connectivity index (χ4n) is 6.70. The Labute approximate surface area is 272 Å². The van der Waals surface area contributed by atoms with Crippen LogP contribution in [0, 0.1) is 0 Å². The highest BCUT2D eigenvalue weighted by Crippen LogP contribution is 2.44. The first-order chi connectivity index (χ1) is 22.0. The number of carbonyl (C=O) groups is 1. The molecule has 0 bridgehead atoms. The van der Waals surface area contributed by atoms with Crippen molar-refractivity contribution in [2.45, 2.75) is 56.1 Å². The zero-order valence-electron chi connectivity index (χ0n) is 25.6. The van der Waals surface area contributed by atoms with Gasteiger partial charge < -0.3 is 10.1 Å². The average Bonchev–Trinajstić information content (AvgIpc) is 3.80. The molecule has 2 atom stereocenters. The molecule has 46 heavy (non-hydrogen) atoms. The second-order valence-electron chi connectivity index (χ2n) is 11.9. The second kappa shape index (κ2) is 11.1. The van der Waals surface area contributed by atoms with Crippen molar-refractivity contribution in [1.82, 2.24) is 33.2 Å². The van der Waals surface area contributed by atoms with Crippen LogP contribution in [-0.4, -0.2) is 55.5 Å². The number of fused-ring (bicyclic) bond motifs is 4. The van der Waals surface area contributed by atoms with E-state index in [4.69, 9.17) is 9.72 Å². The van der Waals surface area contributed by atoms with E-state index in [1.54, 1.807) is 58.9 Å². The lowest BCUT2D eigenvalue weighted by Gasteiger charge is -2.15. The van der Waals surface area contributed by atoms with E-state index in [-0.39, 0.29) is 34.4 Å².